The van der Waals surface area contributed by atoms with E-state index in [9.17, 15) is 13.2 Å². The maximum absolute atomic E-state index is 12.8. The second-order valence-corrected chi connectivity index (χ2v) is 9.00. The van der Waals surface area contributed by atoms with Crippen LogP contribution in [-0.2, 0) is 27.9 Å². The van der Waals surface area contributed by atoms with Crippen LogP contribution in [0.15, 0.2) is 41.8 Å². The molecule has 5 nitrogen and oxygen atoms in total. The van der Waals surface area contributed by atoms with Crippen molar-refractivity contribution in [2.24, 2.45) is 0 Å². The lowest BCUT2D eigenvalue weighted by molar-refractivity contribution is -0.133. The smallest absolute Gasteiger partial charge is 0.308 e. The summed E-state index contributed by atoms with van der Waals surface area (Å²) in [4.78, 5) is 15.7. The molecule has 1 amide bonds. The van der Waals surface area contributed by atoms with Crippen LogP contribution in [0.3, 0.4) is 0 Å². The topological polar surface area (TPSA) is 63.7 Å². The molecule has 26 heavy (non-hydrogen) atoms. The fraction of sp³-hybridized carbons (Fsp3) is 0.421. The Labute approximate surface area is 159 Å². The van der Waals surface area contributed by atoms with Crippen LogP contribution in [0.25, 0.3) is 0 Å². The van der Waals surface area contributed by atoms with Gasteiger partial charge in [-0.25, -0.2) is 0 Å². The number of carbonyl (C=O) groups is 1. The number of thiophene rings is 1. The lowest BCUT2D eigenvalue weighted by atomic mass is 10.1. The molecule has 0 saturated heterocycles. The van der Waals surface area contributed by atoms with E-state index in [2.05, 4.69) is 0 Å². The second kappa shape index (κ2) is 9.19. The van der Waals surface area contributed by atoms with E-state index in [0.717, 1.165) is 16.9 Å². The third-order valence-corrected chi connectivity index (χ3v) is 6.21. The normalized spacial score (nSPS) is 12.6. The van der Waals surface area contributed by atoms with Gasteiger partial charge < -0.3 is 9.08 Å². The van der Waals surface area contributed by atoms with Crippen molar-refractivity contribution in [2.75, 3.05) is 5.75 Å². The molecule has 0 saturated carbocycles. The molecule has 142 valence electrons. The average Bonchev–Trinajstić information content (AvgIpc) is 3.12. The fourth-order valence-electron chi connectivity index (χ4n) is 2.47. The molecule has 0 bridgehead atoms. The Hall–Kier alpha value is -1.86. The van der Waals surface area contributed by atoms with Crippen LogP contribution in [0.1, 0.15) is 37.6 Å². The molecule has 0 aliphatic heterocycles. The van der Waals surface area contributed by atoms with Crippen molar-refractivity contribution >= 4 is 27.4 Å². The molecular weight excluding hydrogens is 370 g/mol. The highest BCUT2D eigenvalue weighted by molar-refractivity contribution is 7.87. The first-order chi connectivity index (χ1) is 12.3. The van der Waals surface area contributed by atoms with Crippen molar-refractivity contribution in [3.63, 3.8) is 0 Å². The van der Waals surface area contributed by atoms with Gasteiger partial charge in [-0.3, -0.25) is 4.79 Å². The summed E-state index contributed by atoms with van der Waals surface area (Å²) in [5.74, 6) is 0.253. The Morgan fingerprint density at radius 2 is 2.00 bits per heavy atom. The van der Waals surface area contributed by atoms with Gasteiger partial charge in [0.05, 0.1) is 12.2 Å². The minimum atomic E-state index is -3.57. The molecule has 0 aliphatic rings. The molecule has 1 heterocycles. The van der Waals surface area contributed by atoms with Crippen molar-refractivity contribution in [1.82, 2.24) is 4.90 Å². The molecule has 0 N–H and O–H groups in total. The van der Waals surface area contributed by atoms with E-state index in [-0.39, 0.29) is 23.5 Å². The maximum Gasteiger partial charge on any atom is 0.308 e. The Morgan fingerprint density at radius 1 is 1.23 bits per heavy atom. The van der Waals surface area contributed by atoms with Gasteiger partial charge in [0.2, 0.25) is 5.91 Å². The quantitative estimate of drug-likeness (QED) is 0.605. The summed E-state index contributed by atoms with van der Waals surface area (Å²) in [6, 6.07) is 10.9. The van der Waals surface area contributed by atoms with E-state index in [0.29, 0.717) is 13.0 Å². The molecule has 7 heteroatoms. The summed E-state index contributed by atoms with van der Waals surface area (Å²) in [5, 5.41) is 1.96. The van der Waals surface area contributed by atoms with Crippen molar-refractivity contribution in [1.29, 1.82) is 0 Å². The lowest BCUT2D eigenvalue weighted by Gasteiger charge is -2.29. The fourth-order valence-corrected chi connectivity index (χ4v) is 3.68. The summed E-state index contributed by atoms with van der Waals surface area (Å²) in [7, 11) is -3.57. The van der Waals surface area contributed by atoms with Crippen LogP contribution in [0.2, 0.25) is 0 Å². The number of rotatable bonds is 9. The van der Waals surface area contributed by atoms with Gasteiger partial charge in [0.15, 0.2) is 0 Å². The predicted octanol–water partition coefficient (Wildman–Crippen LogP) is 3.85. The standard InChI is InChI=1S/C19H25NO4S2/c1-4-15(3)20(19(21)13-18-10-7-11-25-18)14-16-8-6-9-17(12-16)24-26(22,23)5-2/h6-12,15H,4-5,13-14H2,1-3H3/t15-/m1/s1. The summed E-state index contributed by atoms with van der Waals surface area (Å²) in [6.07, 6.45) is 1.22. The SMILES string of the molecule is CC[C@@H](C)N(Cc1cccc(OS(=O)(=O)CC)c1)C(=O)Cc1cccs1. The van der Waals surface area contributed by atoms with Gasteiger partial charge in [0.1, 0.15) is 5.75 Å². The zero-order valence-electron chi connectivity index (χ0n) is 15.3. The summed E-state index contributed by atoms with van der Waals surface area (Å²) >= 11 is 1.57. The lowest BCUT2D eigenvalue weighted by Crippen LogP contribution is -2.38. The van der Waals surface area contributed by atoms with Gasteiger partial charge in [-0.15, -0.1) is 11.3 Å². The number of hydrogen-bond donors (Lipinski definition) is 0. The van der Waals surface area contributed by atoms with Gasteiger partial charge in [0, 0.05) is 17.5 Å². The van der Waals surface area contributed by atoms with Crippen LogP contribution in [0.5, 0.6) is 5.75 Å². The minimum Gasteiger partial charge on any atom is -0.382 e. The number of hydrogen-bond acceptors (Lipinski definition) is 5. The number of amides is 1. The highest BCUT2D eigenvalue weighted by Crippen LogP contribution is 2.20. The Balaban J connectivity index is 2.16. The Bertz CT molecular complexity index is 816. The molecule has 2 aromatic rings. The molecular formula is C19H25NO4S2. The zero-order valence-corrected chi connectivity index (χ0v) is 17.0. The number of nitrogens with zero attached hydrogens (tertiary/aromatic N) is 1. The first-order valence-corrected chi connectivity index (χ1v) is 11.1. The molecule has 0 spiro atoms. The highest BCUT2D eigenvalue weighted by Gasteiger charge is 2.20. The third kappa shape index (κ3) is 5.85. The zero-order chi connectivity index (χ0) is 19.2. The molecule has 0 radical (unpaired) electrons. The van der Waals surface area contributed by atoms with Crippen LogP contribution in [-0.4, -0.2) is 31.0 Å². The van der Waals surface area contributed by atoms with Gasteiger partial charge in [-0.1, -0.05) is 25.1 Å². The first-order valence-electron chi connectivity index (χ1n) is 8.67. The minimum absolute atomic E-state index is 0.0642. The van der Waals surface area contributed by atoms with Crippen LogP contribution in [0, 0.1) is 0 Å². The van der Waals surface area contributed by atoms with E-state index in [1.165, 1.54) is 6.92 Å². The largest absolute Gasteiger partial charge is 0.382 e. The Kier molecular flexibility index (Phi) is 7.23. The van der Waals surface area contributed by atoms with E-state index >= 15 is 0 Å². The molecule has 0 unspecified atom stereocenters. The number of benzene rings is 1. The van der Waals surface area contributed by atoms with Crippen molar-refractivity contribution in [3.05, 3.63) is 52.2 Å². The predicted molar refractivity (Wildman–Crippen MR) is 105 cm³/mol. The van der Waals surface area contributed by atoms with Gasteiger partial charge in [-0.05, 0) is 49.4 Å². The van der Waals surface area contributed by atoms with Crippen molar-refractivity contribution < 1.29 is 17.4 Å². The van der Waals surface area contributed by atoms with E-state index < -0.39 is 10.1 Å². The molecule has 2 rings (SSSR count). The van der Waals surface area contributed by atoms with Crippen LogP contribution < -0.4 is 4.18 Å². The van der Waals surface area contributed by atoms with Gasteiger partial charge >= 0.3 is 10.1 Å². The maximum atomic E-state index is 12.8. The molecule has 0 fully saturated rings. The summed E-state index contributed by atoms with van der Waals surface area (Å²) < 4.78 is 28.4. The van der Waals surface area contributed by atoms with Gasteiger partial charge in [-0.2, -0.15) is 8.42 Å². The third-order valence-electron chi connectivity index (χ3n) is 4.18. The summed E-state index contributed by atoms with van der Waals surface area (Å²) in [5.41, 5.74) is 0.841. The van der Waals surface area contributed by atoms with Crippen LogP contribution in [0.4, 0.5) is 0 Å². The van der Waals surface area contributed by atoms with Crippen molar-refractivity contribution in [3.8, 4) is 5.75 Å². The molecule has 1 aromatic heterocycles. The molecule has 1 atom stereocenters. The van der Waals surface area contributed by atoms with Crippen LogP contribution >= 0.6 is 11.3 Å². The first kappa shape index (κ1) is 20.5. The molecule has 0 aliphatic carbocycles. The Morgan fingerprint density at radius 3 is 2.62 bits per heavy atom. The second-order valence-electron chi connectivity index (χ2n) is 6.11. The van der Waals surface area contributed by atoms with Crippen molar-refractivity contribution in [2.45, 2.75) is 46.2 Å². The van der Waals surface area contributed by atoms with E-state index in [1.807, 2.05) is 42.3 Å². The van der Waals surface area contributed by atoms with E-state index in [1.54, 1.807) is 29.5 Å². The number of carbonyl (C=O) groups excluding carboxylic acids is 1. The van der Waals surface area contributed by atoms with E-state index in [4.69, 9.17) is 4.18 Å². The monoisotopic (exact) mass is 395 g/mol. The summed E-state index contributed by atoms with van der Waals surface area (Å²) in [6.45, 7) is 6.02. The van der Waals surface area contributed by atoms with Gasteiger partial charge in [0.25, 0.3) is 0 Å². The average molecular weight is 396 g/mol. The molecule has 1 aromatic carbocycles. The highest BCUT2D eigenvalue weighted by atomic mass is 32.2.